The third-order valence-corrected chi connectivity index (χ3v) is 4.88. The van der Waals surface area contributed by atoms with Crippen molar-refractivity contribution in [2.45, 2.75) is 71.4 Å². The van der Waals surface area contributed by atoms with Gasteiger partial charge in [0, 0.05) is 12.6 Å². The first-order valence-corrected chi connectivity index (χ1v) is 8.68. The van der Waals surface area contributed by atoms with Crippen molar-refractivity contribution >= 4 is 0 Å². The molecule has 0 unspecified atom stereocenters. The van der Waals surface area contributed by atoms with Gasteiger partial charge in [-0.15, -0.1) is 0 Å². The second kappa shape index (κ2) is 6.83. The second-order valence-electron chi connectivity index (χ2n) is 7.03. The van der Waals surface area contributed by atoms with E-state index in [2.05, 4.69) is 31.3 Å². The average Bonchev–Trinajstić information content (AvgIpc) is 3.29. The normalized spacial score (nSPS) is 19.7. The third kappa shape index (κ3) is 4.23. The molecule has 0 aromatic heterocycles. The first-order chi connectivity index (χ1) is 10.2. The summed E-state index contributed by atoms with van der Waals surface area (Å²) in [4.78, 5) is 0. The van der Waals surface area contributed by atoms with Crippen LogP contribution in [-0.2, 0) is 6.54 Å². The lowest BCUT2D eigenvalue weighted by Crippen LogP contribution is -2.17. The number of nitrogens with one attached hydrogen (secondary N) is 1. The molecule has 21 heavy (non-hydrogen) atoms. The molecule has 0 saturated heterocycles. The molecule has 0 atom stereocenters. The summed E-state index contributed by atoms with van der Waals surface area (Å²) >= 11 is 0. The van der Waals surface area contributed by atoms with E-state index in [1.54, 1.807) is 0 Å². The van der Waals surface area contributed by atoms with Gasteiger partial charge in [0.25, 0.3) is 0 Å². The predicted octanol–water partition coefficient (Wildman–Crippen LogP) is 4.51. The van der Waals surface area contributed by atoms with Crippen LogP contribution >= 0.6 is 0 Å². The van der Waals surface area contributed by atoms with Crippen molar-refractivity contribution in [3.05, 3.63) is 28.8 Å². The van der Waals surface area contributed by atoms with Crippen LogP contribution in [0.25, 0.3) is 0 Å². The van der Waals surface area contributed by atoms with Crippen molar-refractivity contribution in [3.63, 3.8) is 0 Å². The molecule has 2 nitrogen and oxygen atoms in total. The fourth-order valence-electron chi connectivity index (χ4n) is 3.47. The molecular weight excluding hydrogens is 258 g/mol. The highest BCUT2D eigenvalue weighted by atomic mass is 16.5. The summed E-state index contributed by atoms with van der Waals surface area (Å²) in [7, 11) is 0. The van der Waals surface area contributed by atoms with Crippen LogP contribution in [0.1, 0.15) is 61.6 Å². The number of ether oxygens (including phenoxy) is 1. The van der Waals surface area contributed by atoms with Crippen LogP contribution in [0.2, 0.25) is 0 Å². The summed E-state index contributed by atoms with van der Waals surface area (Å²) in [6.45, 7) is 6.27. The Morgan fingerprint density at radius 3 is 2.29 bits per heavy atom. The van der Waals surface area contributed by atoms with E-state index in [1.165, 1.54) is 61.6 Å². The first-order valence-electron chi connectivity index (χ1n) is 8.68. The number of benzene rings is 1. The summed E-state index contributed by atoms with van der Waals surface area (Å²) in [6, 6.07) is 5.35. The maximum absolute atomic E-state index is 6.18. The minimum absolute atomic E-state index is 0.771. The minimum atomic E-state index is 0.771. The molecule has 0 radical (unpaired) electrons. The van der Waals surface area contributed by atoms with E-state index in [0.717, 1.165) is 30.9 Å². The molecule has 2 aliphatic rings. The zero-order valence-electron chi connectivity index (χ0n) is 13.6. The molecule has 0 aliphatic heterocycles. The Bertz CT molecular complexity index is 449. The lowest BCUT2D eigenvalue weighted by Gasteiger charge is -2.23. The molecule has 2 heteroatoms. The zero-order valence-corrected chi connectivity index (χ0v) is 13.6. The Morgan fingerprint density at radius 2 is 1.67 bits per heavy atom. The van der Waals surface area contributed by atoms with Gasteiger partial charge in [0.2, 0.25) is 0 Å². The Kier molecular flexibility index (Phi) is 4.84. The quantitative estimate of drug-likeness (QED) is 0.831. The molecule has 0 amide bonds. The maximum Gasteiger partial charge on any atom is 0.125 e. The number of rotatable bonds is 6. The van der Waals surface area contributed by atoms with Gasteiger partial charge >= 0.3 is 0 Å². The Labute approximate surface area is 129 Å². The topological polar surface area (TPSA) is 21.3 Å². The number of aryl methyl sites for hydroxylation is 2. The van der Waals surface area contributed by atoms with Gasteiger partial charge in [-0.2, -0.15) is 0 Å². The Balaban J connectivity index is 1.58. The van der Waals surface area contributed by atoms with Crippen LogP contribution in [0.15, 0.2) is 12.1 Å². The molecular formula is C19H29NO. The molecule has 0 spiro atoms. The van der Waals surface area contributed by atoms with E-state index in [4.69, 9.17) is 4.74 Å². The molecule has 116 valence electrons. The van der Waals surface area contributed by atoms with E-state index in [9.17, 15) is 0 Å². The number of hydrogen-bond acceptors (Lipinski definition) is 2. The van der Waals surface area contributed by atoms with E-state index < -0.39 is 0 Å². The summed E-state index contributed by atoms with van der Waals surface area (Å²) in [5.74, 6) is 1.89. The van der Waals surface area contributed by atoms with Gasteiger partial charge in [0.1, 0.15) is 5.75 Å². The highest BCUT2D eigenvalue weighted by Crippen LogP contribution is 2.29. The molecule has 2 fully saturated rings. The molecule has 0 bridgehead atoms. The van der Waals surface area contributed by atoms with E-state index in [1.807, 2.05) is 0 Å². The van der Waals surface area contributed by atoms with Crippen molar-refractivity contribution in [1.29, 1.82) is 0 Å². The lowest BCUT2D eigenvalue weighted by atomic mass is 9.90. The minimum Gasteiger partial charge on any atom is -0.493 e. The van der Waals surface area contributed by atoms with Gasteiger partial charge in [-0.05, 0) is 62.1 Å². The number of hydrogen-bond donors (Lipinski definition) is 1. The molecule has 2 aliphatic carbocycles. The zero-order chi connectivity index (χ0) is 14.7. The molecule has 1 aromatic carbocycles. The van der Waals surface area contributed by atoms with Crippen molar-refractivity contribution in [1.82, 2.24) is 5.32 Å². The SMILES string of the molecule is Cc1cc(CNC2CC2)cc(C)c1OCC1CCCCC1. The molecule has 1 aromatic rings. The van der Waals surface area contributed by atoms with Crippen molar-refractivity contribution in [2.75, 3.05) is 6.61 Å². The van der Waals surface area contributed by atoms with Crippen molar-refractivity contribution in [3.8, 4) is 5.75 Å². The fraction of sp³-hybridized carbons (Fsp3) is 0.684. The highest BCUT2D eigenvalue weighted by molar-refractivity contribution is 5.43. The first kappa shape index (κ1) is 14.9. The summed E-state index contributed by atoms with van der Waals surface area (Å²) in [5.41, 5.74) is 3.97. The summed E-state index contributed by atoms with van der Waals surface area (Å²) < 4.78 is 6.18. The fourth-order valence-corrected chi connectivity index (χ4v) is 3.47. The Morgan fingerprint density at radius 1 is 1.00 bits per heavy atom. The summed E-state index contributed by atoms with van der Waals surface area (Å²) in [6.07, 6.45) is 9.58. The van der Waals surface area contributed by atoms with E-state index in [-0.39, 0.29) is 0 Å². The Hall–Kier alpha value is -1.02. The standard InChI is InChI=1S/C19H29NO/c1-14-10-17(12-20-18-8-9-18)11-15(2)19(14)21-13-16-6-4-3-5-7-16/h10-11,16,18,20H,3-9,12-13H2,1-2H3. The van der Waals surface area contributed by atoms with Gasteiger partial charge in [-0.1, -0.05) is 31.4 Å². The highest BCUT2D eigenvalue weighted by Gasteiger charge is 2.20. The van der Waals surface area contributed by atoms with Gasteiger partial charge < -0.3 is 10.1 Å². The smallest absolute Gasteiger partial charge is 0.125 e. The van der Waals surface area contributed by atoms with Crippen molar-refractivity contribution < 1.29 is 4.74 Å². The second-order valence-corrected chi connectivity index (χ2v) is 7.03. The van der Waals surface area contributed by atoms with Crippen LogP contribution in [0.5, 0.6) is 5.75 Å². The van der Waals surface area contributed by atoms with Gasteiger partial charge in [0.15, 0.2) is 0 Å². The molecule has 1 N–H and O–H groups in total. The van der Waals surface area contributed by atoms with Gasteiger partial charge in [-0.25, -0.2) is 0 Å². The van der Waals surface area contributed by atoms with Crippen LogP contribution in [0.3, 0.4) is 0 Å². The largest absolute Gasteiger partial charge is 0.493 e. The van der Waals surface area contributed by atoms with Crippen molar-refractivity contribution in [2.24, 2.45) is 5.92 Å². The summed E-state index contributed by atoms with van der Waals surface area (Å²) in [5, 5.41) is 3.59. The van der Waals surface area contributed by atoms with Crippen LogP contribution < -0.4 is 10.1 Å². The van der Waals surface area contributed by atoms with E-state index >= 15 is 0 Å². The van der Waals surface area contributed by atoms with E-state index in [0.29, 0.717) is 0 Å². The van der Waals surface area contributed by atoms with Crippen LogP contribution in [0, 0.1) is 19.8 Å². The lowest BCUT2D eigenvalue weighted by molar-refractivity contribution is 0.207. The molecule has 0 heterocycles. The average molecular weight is 287 g/mol. The maximum atomic E-state index is 6.18. The van der Waals surface area contributed by atoms with Crippen LogP contribution in [-0.4, -0.2) is 12.6 Å². The van der Waals surface area contributed by atoms with Gasteiger partial charge in [0.05, 0.1) is 6.61 Å². The molecule has 3 rings (SSSR count). The predicted molar refractivity (Wildman–Crippen MR) is 87.8 cm³/mol. The third-order valence-electron chi connectivity index (χ3n) is 4.88. The van der Waals surface area contributed by atoms with Gasteiger partial charge in [-0.3, -0.25) is 0 Å². The van der Waals surface area contributed by atoms with Crippen LogP contribution in [0.4, 0.5) is 0 Å². The monoisotopic (exact) mass is 287 g/mol. The molecule has 2 saturated carbocycles.